The monoisotopic (exact) mass is 437 g/mol. The Morgan fingerprint density at radius 1 is 1.03 bits per heavy atom. The molecule has 164 valence electrons. The van der Waals surface area contributed by atoms with Crippen molar-refractivity contribution in [2.75, 3.05) is 12.4 Å². The van der Waals surface area contributed by atoms with E-state index in [0.717, 1.165) is 72.7 Å². The van der Waals surface area contributed by atoms with Crippen molar-refractivity contribution < 1.29 is 9.26 Å². The quantitative estimate of drug-likeness (QED) is 0.383. The van der Waals surface area contributed by atoms with E-state index in [0.29, 0.717) is 0 Å². The highest BCUT2D eigenvalue weighted by Crippen LogP contribution is 2.41. The number of methoxy groups -OCH3 is 1. The van der Waals surface area contributed by atoms with Gasteiger partial charge in [0.05, 0.1) is 29.6 Å². The van der Waals surface area contributed by atoms with Crippen LogP contribution in [0.15, 0.2) is 58.3 Å². The molecule has 1 atom stereocenters. The summed E-state index contributed by atoms with van der Waals surface area (Å²) < 4.78 is 11.2. The largest absolute Gasteiger partial charge is 0.496 e. The van der Waals surface area contributed by atoms with Crippen LogP contribution in [-0.4, -0.2) is 34.1 Å². The van der Waals surface area contributed by atoms with Gasteiger partial charge in [0.2, 0.25) is 0 Å². The highest BCUT2D eigenvalue weighted by atomic mass is 16.5. The molecular weight excluding hydrogens is 414 g/mol. The number of pyridine rings is 1. The van der Waals surface area contributed by atoms with Gasteiger partial charge in [0.15, 0.2) is 0 Å². The predicted molar refractivity (Wildman–Crippen MR) is 130 cm³/mol. The summed E-state index contributed by atoms with van der Waals surface area (Å²) in [7, 11) is 1.69. The van der Waals surface area contributed by atoms with Crippen molar-refractivity contribution in [3.05, 3.63) is 71.4 Å². The Hall–Kier alpha value is -4.13. The highest BCUT2D eigenvalue weighted by Gasteiger charge is 2.27. The smallest absolute Gasteiger partial charge is 0.141 e. The standard InChI is InChI=1S/C26H23N5O2/c1-13-23(14(2)33-31-13)20-10-21-19(11-22(20)32-4)24-25(28-15(3)29-26(24)30-21)18-7-5-6-16-12-27-9-8-17(16)18/h5-12,15,29-30H,1-4H3. The van der Waals surface area contributed by atoms with E-state index >= 15 is 0 Å². The van der Waals surface area contributed by atoms with Crippen LogP contribution in [0.2, 0.25) is 0 Å². The SMILES string of the molecule is COc1cc2c3c([nH]c2cc1-c1c(C)noc1C)NC(C)N=C3c1cccc2cnccc12. The Morgan fingerprint density at radius 2 is 1.91 bits per heavy atom. The summed E-state index contributed by atoms with van der Waals surface area (Å²) in [5.74, 6) is 2.48. The first-order valence-electron chi connectivity index (χ1n) is 10.9. The summed E-state index contributed by atoms with van der Waals surface area (Å²) in [6.07, 6.45) is 3.65. The third kappa shape index (κ3) is 2.92. The molecule has 0 bridgehead atoms. The number of benzene rings is 2. The van der Waals surface area contributed by atoms with E-state index in [4.69, 9.17) is 14.3 Å². The highest BCUT2D eigenvalue weighted by molar-refractivity contribution is 6.27. The molecule has 0 aliphatic carbocycles. The summed E-state index contributed by atoms with van der Waals surface area (Å²) in [5, 5.41) is 10.9. The Bertz CT molecular complexity index is 1550. The molecule has 0 fully saturated rings. The van der Waals surface area contributed by atoms with Gasteiger partial charge in [0, 0.05) is 39.8 Å². The number of aromatic amines is 1. The summed E-state index contributed by atoms with van der Waals surface area (Å²) in [6.45, 7) is 5.91. The number of ether oxygens (including phenoxy) is 1. The lowest BCUT2D eigenvalue weighted by atomic mass is 9.94. The van der Waals surface area contributed by atoms with E-state index in [1.807, 2.05) is 32.3 Å². The number of aromatic nitrogens is 3. The van der Waals surface area contributed by atoms with E-state index in [-0.39, 0.29) is 6.17 Å². The van der Waals surface area contributed by atoms with Crippen LogP contribution >= 0.6 is 0 Å². The minimum absolute atomic E-state index is 0.0680. The van der Waals surface area contributed by atoms with Gasteiger partial charge >= 0.3 is 0 Å². The lowest BCUT2D eigenvalue weighted by Gasteiger charge is -2.21. The molecule has 0 saturated heterocycles. The fraction of sp³-hybridized carbons (Fsp3) is 0.192. The Morgan fingerprint density at radius 3 is 2.70 bits per heavy atom. The maximum Gasteiger partial charge on any atom is 0.141 e. The molecule has 33 heavy (non-hydrogen) atoms. The first-order valence-corrected chi connectivity index (χ1v) is 10.9. The topological polar surface area (TPSA) is 88.3 Å². The molecular formula is C26H23N5O2. The number of H-pyrrole nitrogens is 1. The van der Waals surface area contributed by atoms with E-state index in [1.54, 1.807) is 7.11 Å². The van der Waals surface area contributed by atoms with Crippen molar-refractivity contribution in [3.8, 4) is 16.9 Å². The van der Waals surface area contributed by atoms with E-state index < -0.39 is 0 Å². The van der Waals surface area contributed by atoms with Crippen LogP contribution in [0.25, 0.3) is 32.8 Å². The zero-order valence-corrected chi connectivity index (χ0v) is 18.9. The molecule has 2 aromatic carbocycles. The number of hydrogen-bond donors (Lipinski definition) is 2. The second-order valence-electron chi connectivity index (χ2n) is 8.37. The van der Waals surface area contributed by atoms with E-state index in [9.17, 15) is 0 Å². The van der Waals surface area contributed by atoms with Gasteiger partial charge in [0.1, 0.15) is 23.5 Å². The van der Waals surface area contributed by atoms with Crippen LogP contribution < -0.4 is 10.1 Å². The number of rotatable bonds is 3. The number of nitrogens with one attached hydrogen (secondary N) is 2. The minimum Gasteiger partial charge on any atom is -0.496 e. The predicted octanol–water partition coefficient (Wildman–Crippen LogP) is 5.61. The van der Waals surface area contributed by atoms with E-state index in [2.05, 4.69) is 57.7 Å². The normalized spacial score (nSPS) is 15.4. The van der Waals surface area contributed by atoms with Crippen molar-refractivity contribution in [1.82, 2.24) is 15.1 Å². The summed E-state index contributed by atoms with van der Waals surface area (Å²) in [6, 6.07) is 12.5. The van der Waals surface area contributed by atoms with Crippen LogP contribution in [0, 0.1) is 13.8 Å². The molecule has 2 N–H and O–H groups in total. The summed E-state index contributed by atoms with van der Waals surface area (Å²) in [5.41, 5.74) is 6.80. The van der Waals surface area contributed by atoms with Crippen molar-refractivity contribution in [3.63, 3.8) is 0 Å². The first-order chi connectivity index (χ1) is 16.0. The van der Waals surface area contributed by atoms with Gasteiger partial charge in [-0.25, -0.2) is 0 Å². The zero-order chi connectivity index (χ0) is 22.7. The molecule has 0 saturated carbocycles. The first kappa shape index (κ1) is 19.5. The molecule has 0 radical (unpaired) electrons. The van der Waals surface area contributed by atoms with Gasteiger partial charge in [-0.2, -0.15) is 0 Å². The average Bonchev–Trinajstić information content (AvgIpc) is 3.35. The minimum atomic E-state index is -0.0680. The number of fused-ring (bicyclic) bond motifs is 4. The van der Waals surface area contributed by atoms with Crippen LogP contribution in [0.5, 0.6) is 5.75 Å². The van der Waals surface area contributed by atoms with Crippen LogP contribution in [0.1, 0.15) is 29.5 Å². The third-order valence-electron chi connectivity index (χ3n) is 6.27. The van der Waals surface area contributed by atoms with Gasteiger partial charge < -0.3 is 19.6 Å². The number of nitrogens with zero attached hydrogens (tertiary/aromatic N) is 3. The maximum absolute atomic E-state index is 5.83. The Balaban J connectivity index is 1.63. The molecule has 1 aliphatic rings. The molecule has 1 aliphatic heterocycles. The molecule has 7 nitrogen and oxygen atoms in total. The van der Waals surface area contributed by atoms with Crippen molar-refractivity contribution in [2.24, 2.45) is 4.99 Å². The number of aliphatic imine (C=N–C) groups is 1. The number of hydrogen-bond acceptors (Lipinski definition) is 6. The van der Waals surface area contributed by atoms with Crippen LogP contribution in [-0.2, 0) is 0 Å². The zero-order valence-electron chi connectivity index (χ0n) is 18.9. The Labute approximate surface area is 190 Å². The maximum atomic E-state index is 5.83. The molecule has 0 amide bonds. The summed E-state index contributed by atoms with van der Waals surface area (Å²) in [4.78, 5) is 12.9. The van der Waals surface area contributed by atoms with Gasteiger partial charge in [-0.1, -0.05) is 23.4 Å². The number of aryl methyl sites for hydroxylation is 2. The fourth-order valence-corrected chi connectivity index (χ4v) is 4.84. The molecule has 0 spiro atoms. The van der Waals surface area contributed by atoms with Crippen molar-refractivity contribution in [1.29, 1.82) is 0 Å². The Kier molecular flexibility index (Phi) is 4.26. The van der Waals surface area contributed by atoms with Gasteiger partial charge in [-0.15, -0.1) is 0 Å². The molecule has 6 rings (SSSR count). The van der Waals surface area contributed by atoms with Gasteiger partial charge in [-0.3, -0.25) is 9.98 Å². The third-order valence-corrected chi connectivity index (χ3v) is 6.27. The van der Waals surface area contributed by atoms with Crippen molar-refractivity contribution >= 4 is 33.2 Å². The van der Waals surface area contributed by atoms with Crippen LogP contribution in [0.3, 0.4) is 0 Å². The molecule has 4 heterocycles. The molecule has 5 aromatic rings. The lowest BCUT2D eigenvalue weighted by molar-refractivity contribution is 0.393. The fourth-order valence-electron chi connectivity index (χ4n) is 4.84. The second-order valence-corrected chi connectivity index (χ2v) is 8.37. The molecule has 7 heteroatoms. The average molecular weight is 438 g/mol. The van der Waals surface area contributed by atoms with E-state index in [1.165, 1.54) is 0 Å². The number of anilines is 1. The van der Waals surface area contributed by atoms with Crippen molar-refractivity contribution in [2.45, 2.75) is 26.9 Å². The second kappa shape index (κ2) is 7.20. The lowest BCUT2D eigenvalue weighted by Crippen LogP contribution is -2.23. The van der Waals surface area contributed by atoms with Gasteiger partial charge in [0.25, 0.3) is 0 Å². The molecule has 1 unspecified atom stereocenters. The summed E-state index contributed by atoms with van der Waals surface area (Å²) >= 11 is 0. The molecule has 3 aromatic heterocycles. The van der Waals surface area contributed by atoms with Crippen LogP contribution in [0.4, 0.5) is 5.82 Å². The van der Waals surface area contributed by atoms with Gasteiger partial charge in [-0.05, 0) is 44.4 Å².